The Morgan fingerprint density at radius 3 is 2.80 bits per heavy atom. The van der Waals surface area contributed by atoms with E-state index in [1.165, 1.54) is 6.07 Å². The van der Waals surface area contributed by atoms with E-state index < -0.39 is 0 Å². The van der Waals surface area contributed by atoms with Crippen LogP contribution in [0.2, 0.25) is 5.02 Å². The lowest BCUT2D eigenvalue weighted by molar-refractivity contribution is 0.584. The van der Waals surface area contributed by atoms with Gasteiger partial charge in [0.1, 0.15) is 5.82 Å². The van der Waals surface area contributed by atoms with E-state index >= 15 is 0 Å². The molecule has 106 valence electrons. The highest BCUT2D eigenvalue weighted by molar-refractivity contribution is 6.31. The zero-order valence-corrected chi connectivity index (χ0v) is 12.4. The van der Waals surface area contributed by atoms with Gasteiger partial charge < -0.3 is 5.32 Å². The largest absolute Gasteiger partial charge is 0.306 e. The molecule has 1 N–H and O–H groups in total. The van der Waals surface area contributed by atoms with Crippen molar-refractivity contribution in [2.75, 3.05) is 6.54 Å². The predicted octanol–water partition coefficient (Wildman–Crippen LogP) is 4.27. The third kappa shape index (κ3) is 3.56. The molecule has 2 nitrogen and oxygen atoms in total. The van der Waals surface area contributed by atoms with Gasteiger partial charge in [0.2, 0.25) is 0 Å². The third-order valence-electron chi connectivity index (χ3n) is 3.11. The number of hydrogen-bond donors (Lipinski definition) is 1. The summed E-state index contributed by atoms with van der Waals surface area (Å²) in [7, 11) is 0. The second-order valence-corrected chi connectivity index (χ2v) is 5.25. The summed E-state index contributed by atoms with van der Waals surface area (Å²) < 4.78 is 13.7. The van der Waals surface area contributed by atoms with Gasteiger partial charge in [0.05, 0.1) is 11.1 Å². The van der Waals surface area contributed by atoms with Gasteiger partial charge in [0.25, 0.3) is 0 Å². The van der Waals surface area contributed by atoms with E-state index in [4.69, 9.17) is 11.6 Å². The van der Waals surface area contributed by atoms with Crippen LogP contribution >= 0.6 is 11.6 Å². The van der Waals surface area contributed by atoms with E-state index in [2.05, 4.69) is 17.2 Å². The molecule has 2 rings (SSSR count). The fourth-order valence-electron chi connectivity index (χ4n) is 2.25. The second kappa shape index (κ2) is 6.82. The molecule has 0 aliphatic carbocycles. The van der Waals surface area contributed by atoms with Gasteiger partial charge in [0.15, 0.2) is 0 Å². The van der Waals surface area contributed by atoms with Crippen molar-refractivity contribution in [1.82, 2.24) is 10.3 Å². The summed E-state index contributed by atoms with van der Waals surface area (Å²) in [6.45, 7) is 4.81. The molecule has 1 atom stereocenters. The Morgan fingerprint density at radius 1 is 1.35 bits per heavy atom. The maximum atomic E-state index is 13.7. The summed E-state index contributed by atoms with van der Waals surface area (Å²) in [5.41, 5.74) is 2.69. The lowest BCUT2D eigenvalue weighted by Gasteiger charge is -2.21. The van der Waals surface area contributed by atoms with Crippen LogP contribution in [-0.2, 0) is 0 Å². The molecular weight excluding hydrogens is 275 g/mol. The minimum Gasteiger partial charge on any atom is -0.306 e. The number of aromatic nitrogens is 1. The lowest BCUT2D eigenvalue weighted by Crippen LogP contribution is -2.23. The van der Waals surface area contributed by atoms with Crippen LogP contribution in [-0.4, -0.2) is 11.5 Å². The number of benzene rings is 1. The van der Waals surface area contributed by atoms with Crippen molar-refractivity contribution in [1.29, 1.82) is 0 Å². The number of nitrogens with one attached hydrogen (secondary N) is 1. The Labute approximate surface area is 124 Å². The molecule has 0 saturated carbocycles. The summed E-state index contributed by atoms with van der Waals surface area (Å²) in [6, 6.07) is 6.80. The molecule has 1 aromatic heterocycles. The Morgan fingerprint density at radius 2 is 2.15 bits per heavy atom. The molecule has 0 fully saturated rings. The number of halogens is 2. The number of hydrogen-bond acceptors (Lipinski definition) is 2. The molecule has 0 amide bonds. The van der Waals surface area contributed by atoms with E-state index in [1.807, 2.05) is 19.1 Å². The molecule has 1 aromatic carbocycles. The van der Waals surface area contributed by atoms with Gasteiger partial charge in [-0.25, -0.2) is 4.39 Å². The minimum absolute atomic E-state index is 0.125. The third-order valence-corrected chi connectivity index (χ3v) is 3.43. The summed E-state index contributed by atoms with van der Waals surface area (Å²) in [5, 5.41) is 4.00. The van der Waals surface area contributed by atoms with Gasteiger partial charge in [-0.05, 0) is 54.8 Å². The van der Waals surface area contributed by atoms with Crippen molar-refractivity contribution in [3.8, 4) is 0 Å². The first-order chi connectivity index (χ1) is 9.61. The van der Waals surface area contributed by atoms with Crippen LogP contribution in [0.15, 0.2) is 36.7 Å². The first-order valence-corrected chi connectivity index (χ1v) is 7.09. The topological polar surface area (TPSA) is 24.9 Å². The molecule has 1 heterocycles. The van der Waals surface area contributed by atoms with Gasteiger partial charge in [-0.2, -0.15) is 0 Å². The Kier molecular flexibility index (Phi) is 5.10. The highest BCUT2D eigenvalue weighted by atomic mass is 35.5. The molecule has 1 unspecified atom stereocenters. The Hall–Kier alpha value is -1.45. The van der Waals surface area contributed by atoms with Crippen molar-refractivity contribution < 1.29 is 4.39 Å². The molecule has 20 heavy (non-hydrogen) atoms. The van der Waals surface area contributed by atoms with Crippen molar-refractivity contribution in [3.05, 3.63) is 64.2 Å². The predicted molar refractivity (Wildman–Crippen MR) is 80.5 cm³/mol. The van der Waals surface area contributed by atoms with Crippen LogP contribution in [0.4, 0.5) is 4.39 Å². The van der Waals surface area contributed by atoms with Gasteiger partial charge >= 0.3 is 0 Å². The van der Waals surface area contributed by atoms with Gasteiger partial charge in [-0.15, -0.1) is 0 Å². The number of pyridine rings is 1. The summed E-state index contributed by atoms with van der Waals surface area (Å²) in [5.74, 6) is -0.228. The highest BCUT2D eigenvalue weighted by Gasteiger charge is 2.17. The standard InChI is InChI=1S/C16H18ClFN2/c1-3-5-20-16(14-4-6-19-10-15(14)17)12-7-11(2)8-13(18)9-12/h4,6-10,16,20H,3,5H2,1-2H3. The molecular formula is C16H18ClFN2. The van der Waals surface area contributed by atoms with Crippen LogP contribution in [0.3, 0.4) is 0 Å². The SMILES string of the molecule is CCCNC(c1cc(C)cc(F)c1)c1ccncc1Cl. The number of rotatable bonds is 5. The summed E-state index contributed by atoms with van der Waals surface area (Å²) in [6.07, 6.45) is 4.31. The first-order valence-electron chi connectivity index (χ1n) is 6.71. The van der Waals surface area contributed by atoms with Crippen molar-refractivity contribution >= 4 is 11.6 Å². The molecule has 0 saturated heterocycles. The smallest absolute Gasteiger partial charge is 0.123 e. The molecule has 0 radical (unpaired) electrons. The maximum Gasteiger partial charge on any atom is 0.123 e. The molecule has 0 aliphatic rings. The van der Waals surface area contributed by atoms with E-state index in [0.29, 0.717) is 5.02 Å². The lowest BCUT2D eigenvalue weighted by atomic mass is 9.97. The average molecular weight is 293 g/mol. The zero-order valence-electron chi connectivity index (χ0n) is 11.7. The van der Waals surface area contributed by atoms with E-state index in [-0.39, 0.29) is 11.9 Å². The van der Waals surface area contributed by atoms with Gasteiger partial charge in [0, 0.05) is 12.4 Å². The molecule has 4 heteroatoms. The Balaban J connectivity index is 2.44. The van der Waals surface area contributed by atoms with Crippen molar-refractivity contribution in [3.63, 3.8) is 0 Å². The van der Waals surface area contributed by atoms with E-state index in [0.717, 1.165) is 29.7 Å². The van der Waals surface area contributed by atoms with E-state index in [9.17, 15) is 4.39 Å². The zero-order chi connectivity index (χ0) is 14.5. The van der Waals surface area contributed by atoms with Crippen LogP contribution in [0.1, 0.15) is 36.1 Å². The quantitative estimate of drug-likeness (QED) is 0.890. The molecule has 0 bridgehead atoms. The summed E-state index contributed by atoms with van der Waals surface area (Å²) >= 11 is 6.23. The van der Waals surface area contributed by atoms with Crippen LogP contribution < -0.4 is 5.32 Å². The fourth-order valence-corrected chi connectivity index (χ4v) is 2.48. The highest BCUT2D eigenvalue weighted by Crippen LogP contribution is 2.28. The first kappa shape index (κ1) is 14.9. The maximum absolute atomic E-state index is 13.7. The average Bonchev–Trinajstić information content (AvgIpc) is 2.40. The van der Waals surface area contributed by atoms with Gasteiger partial charge in [-0.1, -0.05) is 24.6 Å². The molecule has 0 spiro atoms. The monoisotopic (exact) mass is 292 g/mol. The van der Waals surface area contributed by atoms with Crippen molar-refractivity contribution in [2.45, 2.75) is 26.3 Å². The van der Waals surface area contributed by atoms with Crippen molar-refractivity contribution in [2.24, 2.45) is 0 Å². The van der Waals surface area contributed by atoms with Crippen LogP contribution in [0.5, 0.6) is 0 Å². The normalized spacial score (nSPS) is 12.4. The summed E-state index contributed by atoms with van der Waals surface area (Å²) in [4.78, 5) is 4.00. The Bertz CT molecular complexity index is 566. The van der Waals surface area contributed by atoms with Gasteiger partial charge in [-0.3, -0.25) is 4.98 Å². The van der Waals surface area contributed by atoms with Crippen LogP contribution in [0, 0.1) is 12.7 Å². The number of aryl methyl sites for hydroxylation is 1. The molecule has 0 aliphatic heterocycles. The molecule has 2 aromatic rings. The number of nitrogens with zero attached hydrogens (tertiary/aromatic N) is 1. The van der Waals surface area contributed by atoms with Crippen LogP contribution in [0.25, 0.3) is 0 Å². The minimum atomic E-state index is -0.228. The fraction of sp³-hybridized carbons (Fsp3) is 0.312. The second-order valence-electron chi connectivity index (χ2n) is 4.85. The van der Waals surface area contributed by atoms with E-state index in [1.54, 1.807) is 18.5 Å².